The van der Waals surface area contributed by atoms with E-state index in [4.69, 9.17) is 14.7 Å². The number of pyridine rings is 1. The highest BCUT2D eigenvalue weighted by Crippen LogP contribution is 2.56. The van der Waals surface area contributed by atoms with Crippen LogP contribution in [0.25, 0.3) is 77.6 Å². The maximum atomic E-state index is 7.15. The van der Waals surface area contributed by atoms with Crippen LogP contribution in [0.4, 0.5) is 0 Å². The van der Waals surface area contributed by atoms with Crippen LogP contribution in [-0.2, 0) is 27.1 Å². The van der Waals surface area contributed by atoms with E-state index >= 15 is 0 Å². The van der Waals surface area contributed by atoms with Crippen LogP contribution in [0, 0.1) is 0 Å². The molecule has 11 rings (SSSR count). The zero-order valence-electron chi connectivity index (χ0n) is 42.6. The fourth-order valence-electron chi connectivity index (χ4n) is 10.8. The van der Waals surface area contributed by atoms with Gasteiger partial charge >= 0.3 is 0 Å². The van der Waals surface area contributed by atoms with E-state index < -0.39 is 0 Å². The fraction of sp³-hybridized carbons (Fsp3) is 0.281. The summed E-state index contributed by atoms with van der Waals surface area (Å²) in [6.07, 6.45) is 1.97. The summed E-state index contributed by atoms with van der Waals surface area (Å²) in [5.41, 5.74) is 14.7. The van der Waals surface area contributed by atoms with Gasteiger partial charge < -0.3 is 4.74 Å². The van der Waals surface area contributed by atoms with Gasteiger partial charge in [-0.2, -0.15) is 0 Å². The van der Waals surface area contributed by atoms with Crippen LogP contribution in [0.1, 0.15) is 118 Å². The van der Waals surface area contributed by atoms with Crippen molar-refractivity contribution in [3.8, 4) is 45.5 Å². The van der Waals surface area contributed by atoms with Crippen molar-refractivity contribution in [2.24, 2.45) is 0 Å². The number of hydrogen-bond acceptors (Lipinski definition) is 3. The molecule has 5 heteroatoms. The Morgan fingerprint density at radius 1 is 0.464 bits per heavy atom. The smallest absolute Gasteiger partial charge is 0.145 e. The molecule has 0 N–H and O–H groups in total. The number of benzene rings is 7. The zero-order valence-corrected chi connectivity index (χ0v) is 42.6. The van der Waals surface area contributed by atoms with Gasteiger partial charge in [0.25, 0.3) is 0 Å². The minimum atomic E-state index is -0.181. The maximum absolute atomic E-state index is 7.15. The molecular formula is C64H64N4O. The molecule has 3 heterocycles. The number of aromatic nitrogens is 4. The largest absolute Gasteiger partial charge is 0.457 e. The van der Waals surface area contributed by atoms with Gasteiger partial charge in [-0.3, -0.25) is 9.13 Å². The summed E-state index contributed by atoms with van der Waals surface area (Å²) in [4.78, 5) is 10.5. The topological polar surface area (TPSA) is 44.9 Å². The second-order valence-electron chi connectivity index (χ2n) is 23.7. The minimum absolute atomic E-state index is 0.0257. The highest BCUT2D eigenvalue weighted by Gasteiger charge is 2.47. The van der Waals surface area contributed by atoms with Crippen molar-refractivity contribution in [3.05, 3.63) is 180 Å². The first-order chi connectivity index (χ1) is 32.6. The molecule has 5 nitrogen and oxygen atoms in total. The molecule has 7 aromatic carbocycles. The van der Waals surface area contributed by atoms with Gasteiger partial charge in [-0.1, -0.05) is 157 Å². The normalized spacial score (nSPS) is 14.7. The maximum Gasteiger partial charge on any atom is 0.145 e. The van der Waals surface area contributed by atoms with E-state index in [1.54, 1.807) is 0 Å². The third-order valence-corrected chi connectivity index (χ3v) is 15.6. The Balaban J connectivity index is 1.12. The van der Waals surface area contributed by atoms with E-state index in [0.717, 1.165) is 73.1 Å². The molecule has 10 aromatic rings. The lowest BCUT2D eigenvalue weighted by atomic mass is 9.66. The highest BCUT2D eigenvalue weighted by molar-refractivity contribution is 6.23. The highest BCUT2D eigenvalue weighted by atomic mass is 16.5. The molecule has 0 spiro atoms. The minimum Gasteiger partial charge on any atom is -0.457 e. The molecule has 0 amide bonds. The predicted molar refractivity (Wildman–Crippen MR) is 290 cm³/mol. The van der Waals surface area contributed by atoms with Crippen LogP contribution in [0.2, 0.25) is 0 Å². The summed E-state index contributed by atoms with van der Waals surface area (Å²) < 4.78 is 11.9. The summed E-state index contributed by atoms with van der Waals surface area (Å²) in [7, 11) is 0. The molecule has 3 aromatic heterocycles. The second kappa shape index (κ2) is 15.3. The molecule has 0 bridgehead atoms. The van der Waals surface area contributed by atoms with Crippen LogP contribution in [0.15, 0.2) is 152 Å². The molecule has 0 saturated carbocycles. The van der Waals surface area contributed by atoms with E-state index in [1.807, 2.05) is 6.20 Å². The van der Waals surface area contributed by atoms with Crippen molar-refractivity contribution in [1.82, 2.24) is 19.1 Å². The molecule has 346 valence electrons. The number of rotatable bonds is 6. The van der Waals surface area contributed by atoms with Crippen molar-refractivity contribution in [2.75, 3.05) is 0 Å². The van der Waals surface area contributed by atoms with Gasteiger partial charge in [0.1, 0.15) is 23.1 Å². The van der Waals surface area contributed by atoms with Crippen molar-refractivity contribution in [3.63, 3.8) is 0 Å². The molecule has 0 radical (unpaired) electrons. The molecule has 0 saturated heterocycles. The van der Waals surface area contributed by atoms with Gasteiger partial charge in [-0.25, -0.2) is 9.97 Å². The first-order valence-corrected chi connectivity index (χ1v) is 24.6. The Morgan fingerprint density at radius 2 is 1.16 bits per heavy atom. The number of hydrogen-bond donors (Lipinski definition) is 0. The quantitative estimate of drug-likeness (QED) is 0.167. The molecule has 0 fully saturated rings. The van der Waals surface area contributed by atoms with Crippen LogP contribution < -0.4 is 4.74 Å². The summed E-state index contributed by atoms with van der Waals surface area (Å²) in [5, 5.41) is 5.09. The lowest BCUT2D eigenvalue weighted by Gasteiger charge is -2.37. The van der Waals surface area contributed by atoms with Crippen molar-refractivity contribution >= 4 is 43.6 Å². The third-order valence-electron chi connectivity index (χ3n) is 15.6. The molecule has 0 unspecified atom stereocenters. The predicted octanol–water partition coefficient (Wildman–Crippen LogP) is 17.3. The summed E-state index contributed by atoms with van der Waals surface area (Å²) in [5.74, 6) is 3.28. The first kappa shape index (κ1) is 44.5. The Kier molecular flexibility index (Phi) is 9.85. The third kappa shape index (κ3) is 7.10. The fourth-order valence-corrected chi connectivity index (χ4v) is 10.8. The van der Waals surface area contributed by atoms with Gasteiger partial charge in [-0.15, -0.1) is 0 Å². The van der Waals surface area contributed by atoms with Crippen LogP contribution in [0.5, 0.6) is 11.5 Å². The lowest BCUT2D eigenvalue weighted by molar-refractivity contribution is 0.322. The number of nitrogens with zero attached hydrogens (tertiary/aromatic N) is 4. The van der Waals surface area contributed by atoms with Gasteiger partial charge in [0.05, 0.1) is 27.8 Å². The molecule has 0 aliphatic heterocycles. The van der Waals surface area contributed by atoms with Crippen molar-refractivity contribution in [2.45, 2.75) is 117 Å². The number of ether oxygens (including phenoxy) is 1. The molecule has 69 heavy (non-hydrogen) atoms. The molecular weight excluding hydrogens is 841 g/mol. The average molecular weight is 905 g/mol. The van der Waals surface area contributed by atoms with Crippen LogP contribution >= 0.6 is 0 Å². The molecule has 1 aliphatic rings. The van der Waals surface area contributed by atoms with Gasteiger partial charge in [0, 0.05) is 34.2 Å². The Labute approximate surface area is 407 Å². The second-order valence-corrected chi connectivity index (χ2v) is 23.7. The van der Waals surface area contributed by atoms with E-state index in [2.05, 4.69) is 245 Å². The van der Waals surface area contributed by atoms with E-state index in [0.29, 0.717) is 0 Å². The van der Waals surface area contributed by atoms with Gasteiger partial charge in [-0.05, 0) is 144 Å². The Morgan fingerprint density at radius 3 is 1.90 bits per heavy atom. The monoisotopic (exact) mass is 905 g/mol. The molecule has 1 aliphatic carbocycles. The summed E-state index contributed by atoms with van der Waals surface area (Å²) >= 11 is 0. The van der Waals surface area contributed by atoms with E-state index in [9.17, 15) is 0 Å². The Hall–Kier alpha value is -6.98. The van der Waals surface area contributed by atoms with Crippen molar-refractivity contribution in [1.29, 1.82) is 0 Å². The number of para-hydroxylation sites is 2. The Bertz CT molecular complexity index is 3690. The van der Waals surface area contributed by atoms with E-state index in [-0.39, 0.29) is 27.1 Å². The average Bonchev–Trinajstić information content (AvgIpc) is 3.90. The molecule has 0 atom stereocenters. The van der Waals surface area contributed by atoms with Gasteiger partial charge in [0.2, 0.25) is 0 Å². The van der Waals surface area contributed by atoms with Crippen molar-refractivity contribution < 1.29 is 4.74 Å². The summed E-state index contributed by atoms with van der Waals surface area (Å²) in [6.45, 7) is 30.1. The number of imidazole rings is 1. The van der Waals surface area contributed by atoms with E-state index in [1.165, 1.54) is 43.8 Å². The van der Waals surface area contributed by atoms with Gasteiger partial charge in [0.15, 0.2) is 0 Å². The standard InChI is InChI=1S/C64H64N4O/c1-60(2,3)41-26-29-52(48(35-41)39-20-15-14-16-21-39)68-53-25-18-17-24-51(53)66-59(68)40-32-43(62(7,8)9)34-45(33-40)69-44-27-28-46-54(37-44)67(56-36-42(30-31-65-56)61(4,5)6)55-38-50-58-47(57(46)55)22-19-23-49(58)63(10,11)64(50,12)13/h14-38H,1-13H3. The zero-order chi connectivity index (χ0) is 48.6. The van der Waals surface area contributed by atoms with Crippen LogP contribution in [-0.4, -0.2) is 19.1 Å². The number of fused-ring (bicyclic) bond motifs is 5. The van der Waals surface area contributed by atoms with Crippen LogP contribution in [0.3, 0.4) is 0 Å². The SMILES string of the molecule is CC(C)(C)c1cc(Oc2ccc3c4c5cccc6c5c(cc4n(-c4cc(C(C)(C)C)ccn4)c3c2)C(C)(C)C6(C)C)cc(-c2nc3ccccc3n2-c2ccc(C(C)(C)C)cc2-c2ccccc2)c1. The summed E-state index contributed by atoms with van der Waals surface area (Å²) in [6, 6.07) is 53.2. The first-order valence-electron chi connectivity index (χ1n) is 24.6. The lowest BCUT2D eigenvalue weighted by Crippen LogP contribution is -2.35.